The van der Waals surface area contributed by atoms with E-state index in [1.165, 1.54) is 7.11 Å². The zero-order valence-electron chi connectivity index (χ0n) is 11.6. The number of rotatable bonds is 6. The Kier molecular flexibility index (Phi) is 5.83. The number of esters is 1. The van der Waals surface area contributed by atoms with E-state index in [4.69, 9.17) is 11.6 Å². The van der Waals surface area contributed by atoms with Crippen LogP contribution in [0.5, 0.6) is 0 Å². The minimum absolute atomic E-state index is 0.00226. The summed E-state index contributed by atoms with van der Waals surface area (Å²) < 4.78 is 27.7. The van der Waals surface area contributed by atoms with Gasteiger partial charge in [-0.25, -0.2) is 13.2 Å². The van der Waals surface area contributed by atoms with Crippen LogP contribution in [0.15, 0.2) is 18.2 Å². The van der Waals surface area contributed by atoms with Crippen molar-refractivity contribution in [1.82, 2.24) is 0 Å². The second-order valence-electron chi connectivity index (χ2n) is 4.43. The van der Waals surface area contributed by atoms with Crippen LogP contribution in [0.4, 0.5) is 5.69 Å². The highest BCUT2D eigenvalue weighted by Gasteiger charge is 2.15. The first-order valence-electron chi connectivity index (χ1n) is 6.14. The van der Waals surface area contributed by atoms with Gasteiger partial charge in [-0.15, -0.1) is 0 Å². The number of sulfone groups is 1. The Morgan fingerprint density at radius 3 is 2.65 bits per heavy atom. The third-order valence-corrected chi connectivity index (χ3v) is 4.95. The summed E-state index contributed by atoms with van der Waals surface area (Å²) in [5, 5.41) is 3.42. The van der Waals surface area contributed by atoms with Crippen LogP contribution >= 0.6 is 11.6 Å². The van der Waals surface area contributed by atoms with E-state index in [1.807, 2.05) is 0 Å². The van der Waals surface area contributed by atoms with Crippen LogP contribution < -0.4 is 5.32 Å². The topological polar surface area (TPSA) is 72.5 Å². The molecule has 0 radical (unpaired) electrons. The molecule has 1 atom stereocenters. The largest absolute Gasteiger partial charge is 0.465 e. The number of hydrogen-bond acceptors (Lipinski definition) is 5. The lowest BCUT2D eigenvalue weighted by Crippen LogP contribution is -2.27. The molecule has 0 heterocycles. The first kappa shape index (κ1) is 16.8. The molecule has 5 nitrogen and oxygen atoms in total. The molecule has 0 aromatic heterocycles. The number of nitrogens with one attached hydrogen (secondary N) is 1. The zero-order chi connectivity index (χ0) is 15.3. The number of methoxy groups -OCH3 is 1. The summed E-state index contributed by atoms with van der Waals surface area (Å²) in [5.41, 5.74) is 0.860. The van der Waals surface area contributed by atoms with E-state index in [1.54, 1.807) is 32.0 Å². The van der Waals surface area contributed by atoms with E-state index in [0.717, 1.165) is 0 Å². The second kappa shape index (κ2) is 6.95. The summed E-state index contributed by atoms with van der Waals surface area (Å²) >= 11 is 6.03. The third kappa shape index (κ3) is 4.68. The average molecular weight is 320 g/mol. The molecule has 0 aliphatic heterocycles. The fraction of sp³-hybridized carbons (Fsp3) is 0.462. The molecule has 0 saturated heterocycles. The van der Waals surface area contributed by atoms with Gasteiger partial charge >= 0.3 is 5.97 Å². The van der Waals surface area contributed by atoms with E-state index in [9.17, 15) is 13.2 Å². The van der Waals surface area contributed by atoms with Gasteiger partial charge in [-0.2, -0.15) is 0 Å². The van der Waals surface area contributed by atoms with E-state index < -0.39 is 15.8 Å². The maximum atomic E-state index is 11.6. The van der Waals surface area contributed by atoms with Crippen molar-refractivity contribution in [3.63, 3.8) is 0 Å². The first-order valence-corrected chi connectivity index (χ1v) is 8.33. The fourth-order valence-electron chi connectivity index (χ4n) is 1.69. The predicted molar refractivity (Wildman–Crippen MR) is 80.2 cm³/mol. The van der Waals surface area contributed by atoms with Crippen molar-refractivity contribution in [2.75, 3.05) is 23.9 Å². The van der Waals surface area contributed by atoms with Gasteiger partial charge < -0.3 is 10.1 Å². The minimum atomic E-state index is -3.08. The van der Waals surface area contributed by atoms with E-state index in [0.29, 0.717) is 16.3 Å². The van der Waals surface area contributed by atoms with Crippen LogP contribution in [-0.2, 0) is 14.6 Å². The Labute approximate surface area is 124 Å². The van der Waals surface area contributed by atoms with Gasteiger partial charge in [-0.3, -0.25) is 0 Å². The Morgan fingerprint density at radius 2 is 2.10 bits per heavy atom. The van der Waals surface area contributed by atoms with E-state index in [-0.39, 0.29) is 17.5 Å². The lowest BCUT2D eigenvalue weighted by atomic mass is 10.2. The Balaban J connectivity index is 2.89. The molecule has 0 fully saturated rings. The van der Waals surface area contributed by atoms with Gasteiger partial charge in [-0.1, -0.05) is 18.5 Å². The van der Waals surface area contributed by atoms with E-state index in [2.05, 4.69) is 10.1 Å². The quantitative estimate of drug-likeness (QED) is 0.815. The standard InChI is InChI=1S/C13H18ClNO4S/c1-4-20(17,18)8-9(2)15-12-7-10(13(16)19-3)5-6-11(12)14/h5-7,9,15H,4,8H2,1-3H3. The molecule has 20 heavy (non-hydrogen) atoms. The Hall–Kier alpha value is -1.27. The summed E-state index contributed by atoms with van der Waals surface area (Å²) in [6, 6.07) is 4.35. The third-order valence-electron chi connectivity index (χ3n) is 2.73. The van der Waals surface area contributed by atoms with Crippen LogP contribution in [-0.4, -0.2) is 39.0 Å². The average Bonchev–Trinajstić information content (AvgIpc) is 2.39. The molecule has 1 aromatic carbocycles. The lowest BCUT2D eigenvalue weighted by molar-refractivity contribution is 0.0601. The van der Waals surface area contributed by atoms with Crippen molar-refractivity contribution >= 4 is 33.1 Å². The van der Waals surface area contributed by atoms with Crippen molar-refractivity contribution < 1.29 is 17.9 Å². The molecule has 1 rings (SSSR count). The van der Waals surface area contributed by atoms with Gasteiger partial charge in [0.15, 0.2) is 9.84 Å². The molecule has 0 saturated carbocycles. The summed E-state index contributed by atoms with van der Waals surface area (Å²) in [6.07, 6.45) is 0. The molecule has 112 valence electrons. The van der Waals surface area contributed by atoms with Crippen molar-refractivity contribution in [2.45, 2.75) is 19.9 Å². The molecule has 1 unspecified atom stereocenters. The highest BCUT2D eigenvalue weighted by molar-refractivity contribution is 7.91. The van der Waals surface area contributed by atoms with Gasteiger partial charge in [0.05, 0.1) is 29.1 Å². The highest BCUT2D eigenvalue weighted by Crippen LogP contribution is 2.24. The monoisotopic (exact) mass is 319 g/mol. The molecule has 0 amide bonds. The smallest absolute Gasteiger partial charge is 0.337 e. The van der Waals surface area contributed by atoms with Crippen LogP contribution in [0.1, 0.15) is 24.2 Å². The van der Waals surface area contributed by atoms with Gasteiger partial charge in [0.2, 0.25) is 0 Å². The number of hydrogen-bond donors (Lipinski definition) is 1. The maximum Gasteiger partial charge on any atom is 0.337 e. The summed E-state index contributed by atoms with van der Waals surface area (Å²) in [6.45, 7) is 3.35. The normalized spacial score (nSPS) is 12.8. The Bertz CT molecular complexity index is 586. The first-order chi connectivity index (χ1) is 9.29. The van der Waals surface area contributed by atoms with Crippen molar-refractivity contribution in [3.8, 4) is 0 Å². The summed E-state index contributed by atoms with van der Waals surface area (Å²) in [4.78, 5) is 11.4. The van der Waals surface area contributed by atoms with Crippen molar-refractivity contribution in [3.05, 3.63) is 28.8 Å². The van der Waals surface area contributed by atoms with Gasteiger partial charge in [-0.05, 0) is 25.1 Å². The van der Waals surface area contributed by atoms with Crippen molar-refractivity contribution in [1.29, 1.82) is 0 Å². The van der Waals surface area contributed by atoms with E-state index >= 15 is 0 Å². The zero-order valence-corrected chi connectivity index (χ0v) is 13.2. The number of anilines is 1. The molecule has 0 aliphatic rings. The predicted octanol–water partition coefficient (Wildman–Crippen LogP) is 2.36. The fourth-order valence-corrected chi connectivity index (χ4v) is 2.94. The number of benzene rings is 1. The number of halogens is 1. The molecule has 0 spiro atoms. The molecule has 0 aliphatic carbocycles. The second-order valence-corrected chi connectivity index (χ2v) is 7.24. The maximum absolute atomic E-state index is 11.6. The van der Waals surface area contributed by atoms with Crippen LogP contribution in [0.25, 0.3) is 0 Å². The molecular weight excluding hydrogens is 302 g/mol. The van der Waals surface area contributed by atoms with Crippen LogP contribution in [0.2, 0.25) is 5.02 Å². The van der Waals surface area contributed by atoms with Gasteiger partial charge in [0, 0.05) is 11.8 Å². The van der Waals surface area contributed by atoms with Gasteiger partial charge in [0.1, 0.15) is 0 Å². The molecular formula is C13H18ClNO4S. The number of carbonyl (C=O) groups is 1. The number of carbonyl (C=O) groups excluding carboxylic acids is 1. The van der Waals surface area contributed by atoms with Gasteiger partial charge in [0.25, 0.3) is 0 Å². The Morgan fingerprint density at radius 1 is 1.45 bits per heavy atom. The number of ether oxygens (including phenoxy) is 1. The molecule has 1 aromatic rings. The van der Waals surface area contributed by atoms with Crippen LogP contribution in [0, 0.1) is 0 Å². The van der Waals surface area contributed by atoms with Crippen molar-refractivity contribution in [2.24, 2.45) is 0 Å². The summed E-state index contributed by atoms with van der Waals surface area (Å²) in [7, 11) is -1.79. The molecule has 1 N–H and O–H groups in total. The SMILES string of the molecule is CCS(=O)(=O)CC(C)Nc1cc(C(=O)OC)ccc1Cl. The minimum Gasteiger partial charge on any atom is -0.465 e. The lowest BCUT2D eigenvalue weighted by Gasteiger charge is -2.16. The highest BCUT2D eigenvalue weighted by atomic mass is 35.5. The molecule has 7 heteroatoms. The summed E-state index contributed by atoms with van der Waals surface area (Å²) in [5.74, 6) is -0.379. The molecule has 0 bridgehead atoms. The van der Waals surface area contributed by atoms with Crippen LogP contribution in [0.3, 0.4) is 0 Å².